The second-order valence-corrected chi connectivity index (χ2v) is 15.0. The summed E-state index contributed by atoms with van der Waals surface area (Å²) >= 11 is 0. The zero-order chi connectivity index (χ0) is 32.2. The number of hydrogen-bond acceptors (Lipinski definition) is 4. The molecule has 0 unspecified atom stereocenters. The molecule has 4 aromatic rings. The normalized spacial score (nSPS) is 16.3. The average Bonchev–Trinajstić information content (AvgIpc) is 3.17. The first-order valence-corrected chi connectivity index (χ1v) is 15.4. The third-order valence-corrected chi connectivity index (χ3v) is 8.97. The number of aromatic nitrogens is 1. The van der Waals surface area contributed by atoms with E-state index in [-0.39, 0.29) is 16.6 Å². The molecule has 0 atom stereocenters. The van der Waals surface area contributed by atoms with Crippen molar-refractivity contribution in [2.24, 2.45) is 0 Å². The number of pyridine rings is 1. The van der Waals surface area contributed by atoms with E-state index in [1.165, 1.54) is 23.3 Å². The Balaban J connectivity index is 1.72. The lowest BCUT2D eigenvalue weighted by Gasteiger charge is -2.32. The summed E-state index contributed by atoms with van der Waals surface area (Å²) in [6, 6.07) is 23.9. The standard InChI is InChI=1S/C38H45BFNO3/c1-35(2,3)27-17-25(18-28(22-27)36(4,5)6)26-20-32(41-33(21-26)31-16-15-30(40)23-34(31)42-11)24-13-12-14-29(19-24)39-43-37(7,8)38(9,10)44-39/h12-23H,1-11H3. The number of methoxy groups -OCH3 is 1. The summed E-state index contributed by atoms with van der Waals surface area (Å²) in [6.07, 6.45) is 0. The molecule has 1 aliphatic rings. The van der Waals surface area contributed by atoms with E-state index in [2.05, 4.69) is 112 Å². The molecule has 0 aliphatic carbocycles. The number of benzene rings is 3. The minimum Gasteiger partial charge on any atom is -0.496 e. The van der Waals surface area contributed by atoms with Crippen LogP contribution < -0.4 is 10.2 Å². The van der Waals surface area contributed by atoms with Gasteiger partial charge in [0.25, 0.3) is 0 Å². The van der Waals surface area contributed by atoms with Crippen molar-refractivity contribution in [2.45, 2.75) is 91.3 Å². The number of rotatable bonds is 5. The van der Waals surface area contributed by atoms with Gasteiger partial charge in [-0.2, -0.15) is 0 Å². The molecule has 230 valence electrons. The third-order valence-electron chi connectivity index (χ3n) is 8.97. The van der Waals surface area contributed by atoms with Crippen molar-refractivity contribution >= 4 is 12.6 Å². The van der Waals surface area contributed by atoms with Gasteiger partial charge in [0.15, 0.2) is 0 Å². The van der Waals surface area contributed by atoms with E-state index < -0.39 is 18.3 Å². The highest BCUT2D eigenvalue weighted by molar-refractivity contribution is 6.62. The monoisotopic (exact) mass is 593 g/mol. The molecule has 2 heterocycles. The molecule has 0 bridgehead atoms. The fourth-order valence-corrected chi connectivity index (χ4v) is 5.34. The maximum atomic E-state index is 14.2. The van der Waals surface area contributed by atoms with Crippen molar-refractivity contribution < 1.29 is 18.4 Å². The molecule has 0 spiro atoms. The van der Waals surface area contributed by atoms with Gasteiger partial charge >= 0.3 is 7.12 Å². The summed E-state index contributed by atoms with van der Waals surface area (Å²) in [7, 11) is 1.07. The van der Waals surface area contributed by atoms with Crippen LogP contribution in [0.2, 0.25) is 0 Å². The van der Waals surface area contributed by atoms with E-state index >= 15 is 0 Å². The Labute approximate surface area is 263 Å². The molecule has 0 N–H and O–H groups in total. The lowest BCUT2D eigenvalue weighted by molar-refractivity contribution is 0.00578. The molecule has 1 saturated heterocycles. The SMILES string of the molecule is COc1cc(F)ccc1-c1cc(-c2cc(C(C)(C)C)cc(C(C)(C)C)c2)cc(-c2cccc(B3OC(C)(C)C(C)(C)O3)c2)n1. The van der Waals surface area contributed by atoms with E-state index in [9.17, 15) is 4.39 Å². The van der Waals surface area contributed by atoms with Gasteiger partial charge in [0.1, 0.15) is 11.6 Å². The Morgan fingerprint density at radius 3 is 1.82 bits per heavy atom. The van der Waals surface area contributed by atoms with Crippen LogP contribution in [0.25, 0.3) is 33.6 Å². The Kier molecular flexibility index (Phi) is 8.09. The Bertz CT molecular complexity index is 1650. The Hall–Kier alpha value is -3.48. The second kappa shape index (κ2) is 11.2. The molecule has 0 amide bonds. The van der Waals surface area contributed by atoms with E-state index in [0.29, 0.717) is 11.4 Å². The van der Waals surface area contributed by atoms with Gasteiger partial charge < -0.3 is 14.0 Å². The van der Waals surface area contributed by atoms with Gasteiger partial charge in [0.05, 0.1) is 29.7 Å². The van der Waals surface area contributed by atoms with Crippen LogP contribution in [0.4, 0.5) is 4.39 Å². The topological polar surface area (TPSA) is 40.6 Å². The molecule has 1 aliphatic heterocycles. The third kappa shape index (κ3) is 6.34. The van der Waals surface area contributed by atoms with Gasteiger partial charge in [-0.3, -0.25) is 0 Å². The first-order valence-electron chi connectivity index (χ1n) is 15.4. The average molecular weight is 594 g/mol. The molecular weight excluding hydrogens is 548 g/mol. The van der Waals surface area contributed by atoms with Crippen LogP contribution in [0.5, 0.6) is 5.75 Å². The molecule has 1 fully saturated rings. The first kappa shape index (κ1) is 31.9. The largest absolute Gasteiger partial charge is 0.496 e. The quantitative estimate of drug-likeness (QED) is 0.217. The van der Waals surface area contributed by atoms with E-state index in [0.717, 1.165) is 33.4 Å². The molecule has 1 aromatic heterocycles. The fourth-order valence-electron chi connectivity index (χ4n) is 5.34. The summed E-state index contributed by atoms with van der Waals surface area (Å²) in [5, 5.41) is 0. The number of halogens is 1. The van der Waals surface area contributed by atoms with E-state index in [1.807, 2.05) is 12.1 Å². The molecule has 3 aromatic carbocycles. The van der Waals surface area contributed by atoms with Gasteiger partial charge in [0, 0.05) is 11.6 Å². The molecule has 44 heavy (non-hydrogen) atoms. The minimum absolute atomic E-state index is 0.0357. The number of ether oxygens (including phenoxy) is 1. The molecule has 5 rings (SSSR count). The van der Waals surface area contributed by atoms with Gasteiger partial charge in [-0.15, -0.1) is 0 Å². The minimum atomic E-state index is -0.488. The molecule has 0 saturated carbocycles. The van der Waals surface area contributed by atoms with Crippen molar-refractivity contribution in [3.05, 3.63) is 89.7 Å². The van der Waals surface area contributed by atoms with Crippen LogP contribution in [0, 0.1) is 5.82 Å². The molecule has 4 nitrogen and oxygen atoms in total. The maximum absolute atomic E-state index is 14.2. The summed E-state index contributed by atoms with van der Waals surface area (Å²) in [5.41, 5.74) is 7.79. The van der Waals surface area contributed by atoms with Crippen LogP contribution >= 0.6 is 0 Å². The van der Waals surface area contributed by atoms with Crippen molar-refractivity contribution in [1.29, 1.82) is 0 Å². The fraction of sp³-hybridized carbons (Fsp3) is 0.395. The lowest BCUT2D eigenvalue weighted by Crippen LogP contribution is -2.41. The predicted octanol–water partition coefficient (Wildman–Crippen LogP) is 9.12. The predicted molar refractivity (Wildman–Crippen MR) is 180 cm³/mol. The van der Waals surface area contributed by atoms with Gasteiger partial charge in [-0.25, -0.2) is 9.37 Å². The van der Waals surface area contributed by atoms with Gasteiger partial charge in [-0.1, -0.05) is 84.0 Å². The first-order chi connectivity index (χ1) is 20.4. The van der Waals surface area contributed by atoms with E-state index in [1.54, 1.807) is 13.2 Å². The van der Waals surface area contributed by atoms with Crippen LogP contribution in [0.3, 0.4) is 0 Å². The van der Waals surface area contributed by atoms with Crippen molar-refractivity contribution in [3.8, 4) is 39.4 Å². The second-order valence-electron chi connectivity index (χ2n) is 15.0. The van der Waals surface area contributed by atoms with Crippen molar-refractivity contribution in [2.75, 3.05) is 7.11 Å². The highest BCUT2D eigenvalue weighted by atomic mass is 19.1. The van der Waals surface area contributed by atoms with Gasteiger partial charge in [0.2, 0.25) is 0 Å². The van der Waals surface area contributed by atoms with Gasteiger partial charge in [-0.05, 0) is 96.1 Å². The summed E-state index contributed by atoms with van der Waals surface area (Å²) in [5.74, 6) is 0.0789. The smallest absolute Gasteiger partial charge is 0.494 e. The number of hydrogen-bond donors (Lipinski definition) is 0. The van der Waals surface area contributed by atoms with Crippen LogP contribution in [0.1, 0.15) is 80.4 Å². The molecule has 0 radical (unpaired) electrons. The zero-order valence-corrected chi connectivity index (χ0v) is 28.1. The Morgan fingerprint density at radius 2 is 1.25 bits per heavy atom. The molecular formula is C38H45BFNO3. The van der Waals surface area contributed by atoms with Crippen molar-refractivity contribution in [3.63, 3.8) is 0 Å². The summed E-state index contributed by atoms with van der Waals surface area (Å²) in [4.78, 5) is 5.12. The molecule has 6 heteroatoms. The summed E-state index contributed by atoms with van der Waals surface area (Å²) in [6.45, 7) is 21.7. The zero-order valence-electron chi connectivity index (χ0n) is 28.1. The van der Waals surface area contributed by atoms with Crippen LogP contribution in [-0.4, -0.2) is 30.4 Å². The number of nitrogens with zero attached hydrogens (tertiary/aromatic N) is 1. The van der Waals surface area contributed by atoms with E-state index in [4.69, 9.17) is 19.0 Å². The Morgan fingerprint density at radius 1 is 0.682 bits per heavy atom. The highest BCUT2D eigenvalue weighted by Crippen LogP contribution is 2.39. The highest BCUT2D eigenvalue weighted by Gasteiger charge is 2.51. The maximum Gasteiger partial charge on any atom is 0.494 e. The van der Waals surface area contributed by atoms with Crippen molar-refractivity contribution in [1.82, 2.24) is 4.98 Å². The van der Waals surface area contributed by atoms with Crippen LogP contribution in [0.15, 0.2) is 72.8 Å². The lowest BCUT2D eigenvalue weighted by atomic mass is 9.78. The van der Waals surface area contributed by atoms with Crippen LogP contribution in [-0.2, 0) is 20.1 Å². The summed E-state index contributed by atoms with van der Waals surface area (Å²) < 4.78 is 32.6.